The van der Waals surface area contributed by atoms with E-state index in [-0.39, 0.29) is 41.4 Å². The molecule has 4 atom stereocenters. The van der Waals surface area contributed by atoms with Gasteiger partial charge in [0.15, 0.2) is 0 Å². The first kappa shape index (κ1) is 33.5. The maximum absolute atomic E-state index is 14.3. The van der Waals surface area contributed by atoms with E-state index in [4.69, 9.17) is 4.74 Å². The summed E-state index contributed by atoms with van der Waals surface area (Å²) in [5.41, 5.74) is -0.932. The second kappa shape index (κ2) is 13.3. The number of rotatable bonds is 9. The second-order valence-corrected chi connectivity index (χ2v) is 15.0. The minimum Gasteiger partial charge on any atom is -0.359 e. The standard InChI is InChI=1S/C31H34F3N4O7PS/c32-26(33)15-45-31(25-7-3-4-12-35-25)16-37(17-31)30(41)22-10-9-20-5-1-2-6-21(29(40)38(20)22)36-28(39)24-14-19-13-18(8-11-23(19)47-24)27(34)46(42,43)44/h3-4,7-8,11-14,20-22,26-27H,1-2,5-6,9-10,15-17H2,(H,36,39)(H2,42,43,44)/t20-,21-,22-,27?/m0/s1. The summed E-state index contributed by atoms with van der Waals surface area (Å²) in [4.78, 5) is 67.2. The molecular weight excluding hydrogens is 660 g/mol. The smallest absolute Gasteiger partial charge is 0.359 e. The highest BCUT2D eigenvalue weighted by Crippen LogP contribution is 2.53. The predicted molar refractivity (Wildman–Crippen MR) is 166 cm³/mol. The number of thiophene rings is 1. The topological polar surface area (TPSA) is 149 Å². The first-order valence-corrected chi connectivity index (χ1v) is 17.8. The van der Waals surface area contributed by atoms with Gasteiger partial charge in [-0.3, -0.25) is 23.9 Å². The number of benzene rings is 1. The van der Waals surface area contributed by atoms with Gasteiger partial charge in [0.25, 0.3) is 12.3 Å². The van der Waals surface area contributed by atoms with E-state index in [0.717, 1.165) is 17.8 Å². The summed E-state index contributed by atoms with van der Waals surface area (Å²) >= 11 is 1.10. The van der Waals surface area contributed by atoms with E-state index in [2.05, 4.69) is 10.3 Å². The Morgan fingerprint density at radius 2 is 1.85 bits per heavy atom. The van der Waals surface area contributed by atoms with Crippen molar-refractivity contribution in [3.8, 4) is 0 Å². The molecule has 6 rings (SSSR count). The number of carbonyl (C=O) groups is 3. The Balaban J connectivity index is 1.16. The van der Waals surface area contributed by atoms with Crippen molar-refractivity contribution in [2.24, 2.45) is 0 Å². The molecule has 5 heterocycles. The number of aromatic nitrogens is 1. The highest BCUT2D eigenvalue weighted by atomic mass is 32.1. The Kier molecular flexibility index (Phi) is 9.47. The van der Waals surface area contributed by atoms with E-state index < -0.39 is 50.1 Å². The number of ether oxygens (including phenoxy) is 1. The number of carbonyl (C=O) groups excluding carboxylic acids is 3. The number of nitrogens with zero attached hydrogens (tertiary/aromatic N) is 3. The van der Waals surface area contributed by atoms with Gasteiger partial charge in [-0.1, -0.05) is 25.0 Å². The molecule has 0 radical (unpaired) electrons. The lowest BCUT2D eigenvalue weighted by molar-refractivity contribution is -0.188. The molecule has 0 saturated carbocycles. The molecule has 1 unspecified atom stereocenters. The molecular formula is C31H34F3N4O7PS. The molecule has 3 aliphatic rings. The van der Waals surface area contributed by atoms with Crippen LogP contribution in [-0.4, -0.2) is 86.5 Å². The monoisotopic (exact) mass is 694 g/mol. The largest absolute Gasteiger partial charge is 0.363 e. The van der Waals surface area contributed by atoms with Crippen molar-refractivity contribution in [2.45, 2.75) is 74.6 Å². The average molecular weight is 695 g/mol. The third kappa shape index (κ3) is 6.82. The number of fused-ring (bicyclic) bond motifs is 2. The van der Waals surface area contributed by atoms with Crippen molar-refractivity contribution in [3.63, 3.8) is 0 Å². The zero-order valence-corrected chi connectivity index (χ0v) is 26.8. The Bertz CT molecular complexity index is 1700. The van der Waals surface area contributed by atoms with Crippen LogP contribution < -0.4 is 5.32 Å². The van der Waals surface area contributed by atoms with Crippen LogP contribution in [0.5, 0.6) is 0 Å². The third-order valence-electron chi connectivity index (χ3n) is 9.08. The molecule has 2 aromatic heterocycles. The molecule has 3 N–H and O–H groups in total. The normalized spacial score (nSPS) is 23.6. The van der Waals surface area contributed by atoms with Crippen LogP contribution in [0.15, 0.2) is 48.7 Å². The van der Waals surface area contributed by atoms with Gasteiger partial charge in [-0.05, 0) is 67.0 Å². The van der Waals surface area contributed by atoms with Gasteiger partial charge < -0.3 is 29.6 Å². The number of nitrogens with one attached hydrogen (secondary N) is 1. The molecule has 3 aliphatic heterocycles. The lowest BCUT2D eigenvalue weighted by atomic mass is 9.88. The van der Waals surface area contributed by atoms with Crippen LogP contribution in [0.4, 0.5) is 13.2 Å². The number of hydrogen-bond acceptors (Lipinski definition) is 7. The van der Waals surface area contributed by atoms with Crippen LogP contribution in [0.2, 0.25) is 0 Å². The summed E-state index contributed by atoms with van der Waals surface area (Å²) in [6.07, 6.45) is 2.46. The zero-order chi connectivity index (χ0) is 33.5. The van der Waals surface area contributed by atoms with Crippen LogP contribution >= 0.6 is 18.9 Å². The molecule has 0 bridgehead atoms. The van der Waals surface area contributed by atoms with Gasteiger partial charge in [-0.2, -0.15) is 0 Å². The first-order chi connectivity index (χ1) is 22.4. The first-order valence-electron chi connectivity index (χ1n) is 15.3. The summed E-state index contributed by atoms with van der Waals surface area (Å²) in [6.45, 7) is -0.769. The Morgan fingerprint density at radius 3 is 2.55 bits per heavy atom. The van der Waals surface area contributed by atoms with Crippen LogP contribution in [0, 0.1) is 0 Å². The molecule has 47 heavy (non-hydrogen) atoms. The summed E-state index contributed by atoms with van der Waals surface area (Å²) in [6, 6.07) is 8.75. The van der Waals surface area contributed by atoms with Gasteiger partial charge in [-0.15, -0.1) is 11.3 Å². The van der Waals surface area contributed by atoms with Gasteiger partial charge >= 0.3 is 7.60 Å². The molecule has 3 aromatic rings. The fourth-order valence-corrected chi connectivity index (χ4v) is 8.27. The van der Waals surface area contributed by atoms with Crippen LogP contribution in [0.25, 0.3) is 10.1 Å². The van der Waals surface area contributed by atoms with E-state index in [9.17, 15) is 41.9 Å². The maximum Gasteiger partial charge on any atom is 0.363 e. The van der Waals surface area contributed by atoms with Gasteiger partial charge in [-0.25, -0.2) is 13.2 Å². The van der Waals surface area contributed by atoms with Crippen molar-refractivity contribution in [2.75, 3.05) is 19.7 Å². The number of hydrogen-bond donors (Lipinski definition) is 3. The van der Waals surface area contributed by atoms with Gasteiger partial charge in [0.05, 0.1) is 23.7 Å². The minimum atomic E-state index is -5.01. The van der Waals surface area contributed by atoms with Gasteiger partial charge in [0.2, 0.25) is 17.7 Å². The maximum atomic E-state index is 14.3. The highest BCUT2D eigenvalue weighted by Gasteiger charge is 2.53. The quantitative estimate of drug-likeness (QED) is 0.278. The van der Waals surface area contributed by atoms with Crippen LogP contribution in [0.3, 0.4) is 0 Å². The number of amides is 3. The molecule has 1 aromatic carbocycles. The Morgan fingerprint density at radius 1 is 1.09 bits per heavy atom. The second-order valence-electron chi connectivity index (χ2n) is 12.2. The lowest BCUT2D eigenvalue weighted by Gasteiger charge is -2.50. The molecule has 3 saturated heterocycles. The predicted octanol–water partition coefficient (Wildman–Crippen LogP) is 4.49. The van der Waals surface area contributed by atoms with Gasteiger partial charge in [0, 0.05) is 16.9 Å². The lowest BCUT2D eigenvalue weighted by Crippen LogP contribution is -2.66. The van der Waals surface area contributed by atoms with Crippen molar-refractivity contribution in [3.05, 3.63) is 64.8 Å². The summed E-state index contributed by atoms with van der Waals surface area (Å²) in [5, 5.41) is 3.25. The highest BCUT2D eigenvalue weighted by molar-refractivity contribution is 7.51. The van der Waals surface area contributed by atoms with E-state index in [1.54, 1.807) is 23.1 Å². The number of halogens is 3. The zero-order valence-electron chi connectivity index (χ0n) is 25.1. The molecule has 252 valence electrons. The van der Waals surface area contributed by atoms with Crippen molar-refractivity contribution in [1.82, 2.24) is 20.1 Å². The average Bonchev–Trinajstić information content (AvgIpc) is 3.64. The Labute approximate surface area is 272 Å². The fourth-order valence-electron chi connectivity index (χ4n) is 6.77. The molecule has 3 fully saturated rings. The number of likely N-dealkylation sites (tertiary alicyclic amines) is 1. The van der Waals surface area contributed by atoms with Crippen LogP contribution in [0.1, 0.15) is 65.4 Å². The molecule has 3 amide bonds. The molecule has 0 aliphatic carbocycles. The summed E-state index contributed by atoms with van der Waals surface area (Å²) in [7, 11) is -5.01. The van der Waals surface area contributed by atoms with E-state index >= 15 is 0 Å². The third-order valence-corrected chi connectivity index (χ3v) is 11.1. The molecule has 16 heteroatoms. The van der Waals surface area contributed by atoms with Crippen molar-refractivity contribution < 1.29 is 46.6 Å². The summed E-state index contributed by atoms with van der Waals surface area (Å²) in [5.74, 6) is -3.69. The van der Waals surface area contributed by atoms with E-state index in [0.29, 0.717) is 47.9 Å². The number of pyridine rings is 1. The molecule has 0 spiro atoms. The van der Waals surface area contributed by atoms with Gasteiger partial charge in [0.1, 0.15) is 24.3 Å². The Hall–Kier alpha value is -3.36. The molecule has 11 nitrogen and oxygen atoms in total. The summed E-state index contributed by atoms with van der Waals surface area (Å²) < 4.78 is 58.0. The van der Waals surface area contributed by atoms with E-state index in [1.807, 2.05) is 0 Å². The van der Waals surface area contributed by atoms with Crippen LogP contribution in [-0.2, 0) is 24.5 Å². The number of alkyl halides is 3. The minimum absolute atomic E-state index is 0.0178. The van der Waals surface area contributed by atoms with E-state index in [1.165, 1.54) is 35.4 Å². The SMILES string of the molecule is O=C(N[C@H]1CCCC[C@H]2CC[C@@H](C(=O)N3CC(OCC(F)F)(c4ccccn4)C3)N2C1=O)c1cc2cc(C(F)P(=O)(O)O)ccc2s1. The van der Waals surface area contributed by atoms with Crippen molar-refractivity contribution >= 4 is 46.7 Å². The van der Waals surface area contributed by atoms with Crippen molar-refractivity contribution in [1.29, 1.82) is 0 Å². The fraction of sp³-hybridized carbons (Fsp3) is 0.484.